The van der Waals surface area contributed by atoms with Crippen LogP contribution in [0.2, 0.25) is 0 Å². The van der Waals surface area contributed by atoms with Gasteiger partial charge in [-0.15, -0.1) is 0 Å². The molecule has 0 aliphatic carbocycles. The molecule has 9 heteroatoms. The highest BCUT2D eigenvalue weighted by atomic mass is 19.4. The molecule has 0 aliphatic heterocycles. The Kier molecular flexibility index (Phi) is 3.78. The van der Waals surface area contributed by atoms with E-state index in [2.05, 4.69) is 15.0 Å². The maximum atomic E-state index is 12.4. The normalized spacial score (nSPS) is 11.4. The second-order valence-corrected chi connectivity index (χ2v) is 4.11. The molecule has 0 aliphatic rings. The number of rotatable bonds is 4. The van der Waals surface area contributed by atoms with E-state index in [1.54, 1.807) is 18.2 Å². The van der Waals surface area contributed by atoms with E-state index < -0.39 is 18.5 Å². The summed E-state index contributed by atoms with van der Waals surface area (Å²) in [5.41, 5.74) is -0.0430. The first kappa shape index (κ1) is 14.1. The van der Waals surface area contributed by atoms with Crippen molar-refractivity contribution in [1.29, 1.82) is 0 Å². The molecule has 0 fully saturated rings. The molecular weight excluding hydrogens is 274 g/mol. The van der Waals surface area contributed by atoms with Crippen molar-refractivity contribution in [3.63, 3.8) is 0 Å². The van der Waals surface area contributed by atoms with Crippen LogP contribution in [0, 0.1) is 0 Å². The maximum absolute atomic E-state index is 12.4. The third kappa shape index (κ3) is 3.17. The van der Waals surface area contributed by atoms with Crippen LogP contribution < -0.4 is 5.59 Å². The fourth-order valence-corrected chi connectivity index (χ4v) is 1.64. The highest BCUT2D eigenvalue weighted by Gasteiger charge is 2.29. The lowest BCUT2D eigenvalue weighted by atomic mass is 9.87. The molecule has 1 heterocycles. The van der Waals surface area contributed by atoms with Gasteiger partial charge >= 0.3 is 12.9 Å². The molecule has 0 unspecified atom stereocenters. The van der Waals surface area contributed by atoms with Gasteiger partial charge < -0.3 is 17.7 Å². The zero-order chi connectivity index (χ0) is 14.8. The fraction of sp³-hybridized carbons (Fsp3) is 0.182. The molecule has 0 radical (unpaired) electrons. The molecule has 0 bridgehead atoms. The second kappa shape index (κ2) is 5.36. The molecule has 5 nitrogen and oxygen atoms in total. The van der Waals surface area contributed by atoms with Crippen molar-refractivity contribution in [2.45, 2.75) is 6.54 Å². The number of halogens is 3. The first-order valence-corrected chi connectivity index (χ1v) is 5.67. The van der Waals surface area contributed by atoms with E-state index in [-0.39, 0.29) is 6.54 Å². The molecule has 2 rings (SSSR count). The summed E-state index contributed by atoms with van der Waals surface area (Å²) in [6.07, 6.45) is 0.838. The van der Waals surface area contributed by atoms with Gasteiger partial charge in [-0.3, -0.25) is 4.68 Å². The van der Waals surface area contributed by atoms with Gasteiger partial charge in [0.2, 0.25) is 0 Å². The number of carbonyl (C=O) groups excluding carboxylic acids is 1. The Hall–Kier alpha value is -2.32. The molecule has 0 amide bonds. The number of aromatic nitrogens is 3. The average molecular weight is 284 g/mol. The zero-order valence-corrected chi connectivity index (χ0v) is 10.5. The van der Waals surface area contributed by atoms with Crippen LogP contribution in [0.1, 0.15) is 15.9 Å². The minimum absolute atomic E-state index is 0.0873. The van der Waals surface area contributed by atoms with E-state index in [1.165, 1.54) is 13.2 Å². The van der Waals surface area contributed by atoms with Crippen molar-refractivity contribution in [3.05, 3.63) is 41.6 Å². The summed E-state index contributed by atoms with van der Waals surface area (Å²) >= 11 is 0. The largest absolute Gasteiger partial charge is 0.531 e. The van der Waals surface area contributed by atoms with Crippen molar-refractivity contribution in [1.82, 2.24) is 15.0 Å². The van der Waals surface area contributed by atoms with Crippen LogP contribution in [0.5, 0.6) is 0 Å². The zero-order valence-electron chi connectivity index (χ0n) is 10.5. The summed E-state index contributed by atoms with van der Waals surface area (Å²) in [4.78, 5) is 11.4. The van der Waals surface area contributed by atoms with E-state index in [0.29, 0.717) is 11.1 Å². The first-order chi connectivity index (χ1) is 9.40. The van der Waals surface area contributed by atoms with E-state index >= 15 is 0 Å². The van der Waals surface area contributed by atoms with E-state index in [0.717, 1.165) is 10.9 Å². The number of hydrogen-bond acceptors (Lipinski definition) is 4. The average Bonchev–Trinajstić information content (AvgIpc) is 2.86. The van der Waals surface area contributed by atoms with Crippen molar-refractivity contribution < 1.29 is 22.5 Å². The van der Waals surface area contributed by atoms with Crippen LogP contribution in [0.3, 0.4) is 0 Å². The lowest BCUT2D eigenvalue weighted by molar-refractivity contribution is 0.0600. The lowest BCUT2D eigenvalue weighted by Crippen LogP contribution is -2.35. The molecule has 0 spiro atoms. The highest BCUT2D eigenvalue weighted by Crippen LogP contribution is 2.09. The molecule has 1 aromatic heterocycles. The maximum Gasteiger partial charge on any atom is 0.531 e. The minimum atomic E-state index is -5.16. The Morgan fingerprint density at radius 1 is 1.40 bits per heavy atom. The highest BCUT2D eigenvalue weighted by molar-refractivity contribution is 6.72. The van der Waals surface area contributed by atoms with Gasteiger partial charge in [0.15, 0.2) is 0 Å². The van der Waals surface area contributed by atoms with Crippen LogP contribution in [0.25, 0.3) is 0 Å². The van der Waals surface area contributed by atoms with Crippen molar-refractivity contribution in [2.24, 2.45) is 0 Å². The van der Waals surface area contributed by atoms with E-state index in [1.807, 2.05) is 0 Å². The van der Waals surface area contributed by atoms with Crippen molar-refractivity contribution in [3.8, 4) is 0 Å². The standard InChI is InChI=1S/C11H10BF3N3O2/c1-20-11(19)9-4-2-3-8(5-9)6-18-7-10(16-17-18)12(13,14)15/h2-5,7H,6H2,1H3/q-1. The van der Waals surface area contributed by atoms with Gasteiger partial charge in [0.05, 0.1) is 19.2 Å². The number of methoxy groups -OCH3 is 1. The smallest absolute Gasteiger partial charge is 0.465 e. The van der Waals surface area contributed by atoms with Crippen LogP contribution in [-0.2, 0) is 11.3 Å². The molecule has 0 N–H and O–H groups in total. The third-order valence-electron chi connectivity index (χ3n) is 2.58. The summed E-state index contributed by atoms with van der Waals surface area (Å²) < 4.78 is 43.0. The number of carbonyl (C=O) groups is 1. The fourth-order valence-electron chi connectivity index (χ4n) is 1.64. The van der Waals surface area contributed by atoms with Crippen LogP contribution in [0.4, 0.5) is 12.9 Å². The van der Waals surface area contributed by atoms with E-state index in [9.17, 15) is 17.7 Å². The second-order valence-electron chi connectivity index (χ2n) is 4.11. The Bertz CT molecular complexity index is 627. The quantitative estimate of drug-likeness (QED) is 0.624. The molecule has 20 heavy (non-hydrogen) atoms. The number of ether oxygens (including phenoxy) is 1. The van der Waals surface area contributed by atoms with E-state index in [4.69, 9.17) is 0 Å². The molecule has 0 saturated heterocycles. The summed E-state index contributed by atoms with van der Waals surface area (Å²) in [6, 6.07) is 6.38. The molecular formula is C11H10BF3N3O2-. The number of benzene rings is 1. The molecule has 0 atom stereocenters. The predicted octanol–water partition coefficient (Wildman–Crippen LogP) is 1.17. The van der Waals surface area contributed by atoms with Gasteiger partial charge in [-0.25, -0.2) is 4.79 Å². The summed E-state index contributed by atoms with van der Waals surface area (Å²) in [7, 11) is 1.25. The molecule has 106 valence electrons. The van der Waals surface area contributed by atoms with Gasteiger partial charge in [0, 0.05) is 11.8 Å². The van der Waals surface area contributed by atoms with Gasteiger partial charge in [0.25, 0.3) is 0 Å². The van der Waals surface area contributed by atoms with Crippen LogP contribution in [0.15, 0.2) is 30.5 Å². The number of hydrogen-bond donors (Lipinski definition) is 0. The summed E-state index contributed by atoms with van der Waals surface area (Å²) in [6.45, 7) is -5.07. The summed E-state index contributed by atoms with van der Waals surface area (Å²) in [5.74, 6) is -0.509. The van der Waals surface area contributed by atoms with Crippen molar-refractivity contribution >= 4 is 18.5 Å². The third-order valence-corrected chi connectivity index (χ3v) is 2.58. The molecule has 0 saturated carbocycles. The Morgan fingerprint density at radius 2 is 2.15 bits per heavy atom. The SMILES string of the molecule is COC(=O)c1cccc(Cn2cc([B-](F)(F)F)nn2)c1. The lowest BCUT2D eigenvalue weighted by Gasteiger charge is -2.08. The Balaban J connectivity index is 2.18. The van der Waals surface area contributed by atoms with Gasteiger partial charge in [-0.05, 0) is 17.7 Å². The van der Waals surface area contributed by atoms with Crippen LogP contribution >= 0.6 is 0 Å². The Labute approximate surface area is 112 Å². The number of nitrogens with zero attached hydrogens (tertiary/aromatic N) is 3. The minimum Gasteiger partial charge on any atom is -0.465 e. The molecule has 2 aromatic rings. The monoisotopic (exact) mass is 284 g/mol. The summed E-state index contributed by atoms with van der Waals surface area (Å²) in [5, 5.41) is 6.50. The number of esters is 1. The van der Waals surface area contributed by atoms with Gasteiger partial charge in [-0.1, -0.05) is 17.3 Å². The Morgan fingerprint density at radius 3 is 2.75 bits per heavy atom. The first-order valence-electron chi connectivity index (χ1n) is 5.67. The van der Waals surface area contributed by atoms with Gasteiger partial charge in [0.1, 0.15) is 0 Å². The molecule has 1 aromatic carbocycles. The predicted molar refractivity (Wildman–Crippen MR) is 65.6 cm³/mol. The van der Waals surface area contributed by atoms with Crippen molar-refractivity contribution in [2.75, 3.05) is 7.11 Å². The van der Waals surface area contributed by atoms with Crippen LogP contribution in [-0.4, -0.2) is 35.1 Å². The van der Waals surface area contributed by atoms with Gasteiger partial charge in [-0.2, -0.15) is 5.10 Å². The topological polar surface area (TPSA) is 57.0 Å².